The molecule has 2 rings (SSSR count). The Kier molecular flexibility index (Phi) is 2.79. The van der Waals surface area contributed by atoms with Crippen molar-refractivity contribution in [3.8, 4) is 11.1 Å². The molecule has 0 fully saturated rings. The Morgan fingerprint density at radius 3 is 2.18 bits per heavy atom. The van der Waals surface area contributed by atoms with Gasteiger partial charge in [-0.05, 0) is 12.1 Å². The van der Waals surface area contributed by atoms with Crippen LogP contribution in [0.5, 0.6) is 0 Å². The summed E-state index contributed by atoms with van der Waals surface area (Å²) >= 11 is 0. The van der Waals surface area contributed by atoms with Crippen molar-refractivity contribution in [2.45, 2.75) is 6.18 Å². The van der Waals surface area contributed by atoms with Crippen LogP contribution in [0.4, 0.5) is 17.6 Å². The third-order valence-corrected chi connectivity index (χ3v) is 2.17. The fourth-order valence-electron chi connectivity index (χ4n) is 1.36. The van der Waals surface area contributed by atoms with Crippen molar-refractivity contribution >= 4 is 0 Å². The van der Waals surface area contributed by atoms with Gasteiger partial charge in [0.25, 0.3) is 0 Å². The lowest BCUT2D eigenvalue weighted by atomic mass is 10.1. The summed E-state index contributed by atoms with van der Waals surface area (Å²) < 4.78 is 50.4. The third-order valence-electron chi connectivity index (χ3n) is 2.17. The highest BCUT2D eigenvalue weighted by atomic mass is 19.4. The average molecular weight is 242 g/mol. The summed E-state index contributed by atoms with van der Waals surface area (Å²) in [6.45, 7) is 0. The van der Waals surface area contributed by atoms with Gasteiger partial charge in [-0.3, -0.25) is 0 Å². The molecule has 0 N–H and O–H groups in total. The minimum absolute atomic E-state index is 0.0404. The van der Waals surface area contributed by atoms with Gasteiger partial charge in [0.1, 0.15) is 12.1 Å². The van der Waals surface area contributed by atoms with Crippen LogP contribution >= 0.6 is 0 Å². The van der Waals surface area contributed by atoms with E-state index in [0.29, 0.717) is 11.6 Å². The molecule has 0 bridgehead atoms. The quantitative estimate of drug-likeness (QED) is 0.717. The van der Waals surface area contributed by atoms with Gasteiger partial charge in [-0.15, -0.1) is 0 Å². The molecule has 1 heterocycles. The molecule has 0 saturated carbocycles. The molecule has 0 saturated heterocycles. The van der Waals surface area contributed by atoms with E-state index < -0.39 is 17.6 Å². The molecule has 0 amide bonds. The molecule has 2 aromatic rings. The van der Waals surface area contributed by atoms with Crippen molar-refractivity contribution in [1.29, 1.82) is 0 Å². The first-order valence-electron chi connectivity index (χ1n) is 4.60. The third kappa shape index (κ3) is 2.41. The number of hydrogen-bond acceptors (Lipinski definition) is 2. The van der Waals surface area contributed by atoms with Crippen LogP contribution in [0.1, 0.15) is 5.56 Å². The molecule has 0 spiro atoms. The zero-order valence-electron chi connectivity index (χ0n) is 8.37. The van der Waals surface area contributed by atoms with Crippen LogP contribution < -0.4 is 0 Å². The van der Waals surface area contributed by atoms with Crippen LogP contribution in [-0.4, -0.2) is 9.97 Å². The van der Waals surface area contributed by atoms with Crippen molar-refractivity contribution in [3.63, 3.8) is 0 Å². The van der Waals surface area contributed by atoms with Crippen molar-refractivity contribution < 1.29 is 17.6 Å². The molecule has 0 aliphatic heterocycles. The molecule has 1 aromatic carbocycles. The molecule has 1 aromatic heterocycles. The van der Waals surface area contributed by atoms with E-state index in [2.05, 4.69) is 9.97 Å². The molecule has 17 heavy (non-hydrogen) atoms. The van der Waals surface area contributed by atoms with Gasteiger partial charge >= 0.3 is 6.18 Å². The van der Waals surface area contributed by atoms with Crippen LogP contribution in [0.15, 0.2) is 36.9 Å². The fourth-order valence-corrected chi connectivity index (χ4v) is 1.36. The molecule has 0 aliphatic rings. The minimum Gasteiger partial charge on any atom is -0.244 e. The van der Waals surface area contributed by atoms with Crippen LogP contribution in [0.2, 0.25) is 0 Å². The second-order valence-corrected chi connectivity index (χ2v) is 3.32. The second-order valence-electron chi connectivity index (χ2n) is 3.32. The Bertz CT molecular complexity index is 523. The highest BCUT2D eigenvalue weighted by Gasteiger charge is 2.31. The van der Waals surface area contributed by atoms with E-state index in [1.54, 1.807) is 0 Å². The molecule has 0 atom stereocenters. The van der Waals surface area contributed by atoms with Crippen LogP contribution in [0.25, 0.3) is 11.1 Å². The molecule has 88 valence electrons. The summed E-state index contributed by atoms with van der Waals surface area (Å²) in [4.78, 5) is 7.35. The van der Waals surface area contributed by atoms with E-state index in [0.717, 1.165) is 12.1 Å². The summed E-state index contributed by atoms with van der Waals surface area (Å²) in [7, 11) is 0. The van der Waals surface area contributed by atoms with Gasteiger partial charge in [-0.25, -0.2) is 14.4 Å². The normalized spacial score (nSPS) is 11.5. The Balaban J connectivity index is 2.46. The molecule has 0 unspecified atom stereocenters. The largest absolute Gasteiger partial charge is 0.416 e. The van der Waals surface area contributed by atoms with Crippen LogP contribution in [0, 0.1) is 5.82 Å². The Labute approximate surface area is 94.0 Å². The Morgan fingerprint density at radius 2 is 1.65 bits per heavy atom. The molecule has 0 aliphatic carbocycles. The minimum atomic E-state index is -4.55. The molecule has 0 radical (unpaired) electrons. The monoisotopic (exact) mass is 242 g/mol. The zero-order valence-corrected chi connectivity index (χ0v) is 8.37. The first-order valence-corrected chi connectivity index (χ1v) is 4.60. The van der Waals surface area contributed by atoms with Crippen molar-refractivity contribution in [3.05, 3.63) is 48.3 Å². The van der Waals surface area contributed by atoms with E-state index in [1.165, 1.54) is 18.7 Å². The number of aromatic nitrogens is 2. The first kappa shape index (κ1) is 11.5. The number of halogens is 4. The van der Waals surface area contributed by atoms with Gasteiger partial charge in [0.15, 0.2) is 0 Å². The SMILES string of the molecule is Fc1cc(C(F)(F)F)ccc1-c1cncnc1. The number of hydrogen-bond donors (Lipinski definition) is 0. The fraction of sp³-hybridized carbons (Fsp3) is 0.0909. The maximum absolute atomic E-state index is 13.5. The number of rotatable bonds is 1. The predicted octanol–water partition coefficient (Wildman–Crippen LogP) is 3.30. The summed E-state index contributed by atoms with van der Waals surface area (Å²) in [6.07, 6.45) is -0.630. The summed E-state index contributed by atoms with van der Waals surface area (Å²) in [6, 6.07) is 2.35. The predicted molar refractivity (Wildman–Crippen MR) is 52.4 cm³/mol. The summed E-state index contributed by atoms with van der Waals surface area (Å²) in [5.41, 5.74) is -0.645. The lowest BCUT2D eigenvalue weighted by Crippen LogP contribution is -2.05. The van der Waals surface area contributed by atoms with E-state index in [1.807, 2.05) is 0 Å². The average Bonchev–Trinajstić information content (AvgIpc) is 2.29. The topological polar surface area (TPSA) is 25.8 Å². The maximum atomic E-state index is 13.5. The number of nitrogens with zero attached hydrogens (tertiary/aromatic N) is 2. The van der Waals surface area contributed by atoms with E-state index >= 15 is 0 Å². The zero-order chi connectivity index (χ0) is 12.5. The van der Waals surface area contributed by atoms with Gasteiger partial charge in [0.2, 0.25) is 0 Å². The van der Waals surface area contributed by atoms with Crippen molar-refractivity contribution in [1.82, 2.24) is 9.97 Å². The van der Waals surface area contributed by atoms with E-state index in [-0.39, 0.29) is 5.56 Å². The molecular weight excluding hydrogens is 236 g/mol. The standard InChI is InChI=1S/C11H6F4N2/c12-10-3-8(11(13,14)15)1-2-9(10)7-4-16-6-17-5-7/h1-6H. The highest BCUT2D eigenvalue weighted by molar-refractivity contribution is 5.62. The lowest BCUT2D eigenvalue weighted by molar-refractivity contribution is -0.137. The first-order chi connectivity index (χ1) is 7.98. The molecular formula is C11H6F4N2. The van der Waals surface area contributed by atoms with Crippen LogP contribution in [0.3, 0.4) is 0 Å². The maximum Gasteiger partial charge on any atom is 0.416 e. The van der Waals surface area contributed by atoms with Gasteiger partial charge in [-0.1, -0.05) is 6.07 Å². The van der Waals surface area contributed by atoms with Gasteiger partial charge in [0, 0.05) is 23.5 Å². The molecule has 2 nitrogen and oxygen atoms in total. The van der Waals surface area contributed by atoms with Crippen molar-refractivity contribution in [2.24, 2.45) is 0 Å². The van der Waals surface area contributed by atoms with Gasteiger partial charge in [-0.2, -0.15) is 13.2 Å². The Hall–Kier alpha value is -1.98. The smallest absolute Gasteiger partial charge is 0.244 e. The Morgan fingerprint density at radius 1 is 1.00 bits per heavy atom. The van der Waals surface area contributed by atoms with Crippen molar-refractivity contribution in [2.75, 3.05) is 0 Å². The second kappa shape index (κ2) is 4.12. The van der Waals surface area contributed by atoms with E-state index in [9.17, 15) is 17.6 Å². The van der Waals surface area contributed by atoms with Gasteiger partial charge in [0.05, 0.1) is 5.56 Å². The van der Waals surface area contributed by atoms with Crippen LogP contribution in [-0.2, 0) is 6.18 Å². The number of alkyl halides is 3. The molecule has 6 heteroatoms. The number of benzene rings is 1. The van der Waals surface area contributed by atoms with E-state index in [4.69, 9.17) is 0 Å². The van der Waals surface area contributed by atoms with Gasteiger partial charge < -0.3 is 0 Å². The summed E-state index contributed by atoms with van der Waals surface area (Å²) in [5.74, 6) is -0.949. The summed E-state index contributed by atoms with van der Waals surface area (Å²) in [5, 5.41) is 0. The highest BCUT2D eigenvalue weighted by Crippen LogP contribution is 2.32. The lowest BCUT2D eigenvalue weighted by Gasteiger charge is -2.08.